The molecule has 27 heavy (non-hydrogen) atoms. The molecular formula is C20H18ClFN4O. The fourth-order valence-electron chi connectivity index (χ4n) is 2.89. The number of nitrogens with one attached hydrogen (secondary N) is 1. The van der Waals surface area contributed by atoms with Crippen molar-refractivity contribution in [3.63, 3.8) is 0 Å². The molecule has 0 amide bonds. The van der Waals surface area contributed by atoms with Crippen molar-refractivity contribution in [1.29, 1.82) is 0 Å². The lowest BCUT2D eigenvalue weighted by Gasteiger charge is -2.28. The van der Waals surface area contributed by atoms with E-state index in [1.54, 1.807) is 6.07 Å². The largest absolute Gasteiger partial charge is 0.378 e. The summed E-state index contributed by atoms with van der Waals surface area (Å²) in [7, 11) is 0. The van der Waals surface area contributed by atoms with E-state index in [9.17, 15) is 4.39 Å². The molecule has 1 saturated heterocycles. The highest BCUT2D eigenvalue weighted by Gasteiger charge is 2.16. The zero-order valence-corrected chi connectivity index (χ0v) is 15.3. The fourth-order valence-corrected chi connectivity index (χ4v) is 3.07. The van der Waals surface area contributed by atoms with Gasteiger partial charge in [0.25, 0.3) is 0 Å². The lowest BCUT2D eigenvalue weighted by Crippen LogP contribution is -2.36. The number of benzene rings is 2. The Bertz CT molecular complexity index is 933. The summed E-state index contributed by atoms with van der Waals surface area (Å²) < 4.78 is 18.9. The van der Waals surface area contributed by atoms with Crippen LogP contribution in [0, 0.1) is 5.82 Å². The summed E-state index contributed by atoms with van der Waals surface area (Å²) >= 11 is 5.89. The average Bonchev–Trinajstić information content (AvgIpc) is 2.72. The summed E-state index contributed by atoms with van der Waals surface area (Å²) in [5, 5.41) is 3.26. The molecule has 1 aromatic heterocycles. The molecular weight excluding hydrogens is 367 g/mol. The van der Waals surface area contributed by atoms with Gasteiger partial charge in [-0.05, 0) is 18.2 Å². The number of halogens is 2. The van der Waals surface area contributed by atoms with Crippen molar-refractivity contribution in [3.05, 3.63) is 65.4 Å². The van der Waals surface area contributed by atoms with Crippen LogP contribution in [0.25, 0.3) is 11.4 Å². The lowest BCUT2D eigenvalue weighted by molar-refractivity contribution is 0.122. The van der Waals surface area contributed by atoms with E-state index in [4.69, 9.17) is 21.3 Å². The van der Waals surface area contributed by atoms with Gasteiger partial charge in [0.1, 0.15) is 17.5 Å². The standard InChI is InChI=1S/C20H18ClFN4O/c21-16-12-15(6-7-17(16)22)23-18-13-19(26-8-10-27-11-9-26)25-20(24-18)14-4-2-1-3-5-14/h1-7,12-13H,8-11H2,(H,23,24,25). The monoisotopic (exact) mass is 384 g/mol. The molecule has 3 aromatic rings. The normalized spacial score (nSPS) is 14.2. The van der Waals surface area contributed by atoms with Crippen LogP contribution >= 0.6 is 11.6 Å². The van der Waals surface area contributed by atoms with Crippen LogP contribution in [0.15, 0.2) is 54.6 Å². The maximum Gasteiger partial charge on any atom is 0.163 e. The maximum absolute atomic E-state index is 13.4. The van der Waals surface area contributed by atoms with Gasteiger partial charge >= 0.3 is 0 Å². The van der Waals surface area contributed by atoms with Crippen LogP contribution in [0.4, 0.5) is 21.7 Å². The molecule has 5 nitrogen and oxygen atoms in total. The van der Waals surface area contributed by atoms with Crippen LogP contribution in [0.3, 0.4) is 0 Å². The second kappa shape index (κ2) is 7.90. The molecule has 1 fully saturated rings. The summed E-state index contributed by atoms with van der Waals surface area (Å²) in [6.45, 7) is 2.88. The molecule has 4 rings (SSSR count). The molecule has 0 aliphatic carbocycles. The zero-order chi connectivity index (χ0) is 18.6. The smallest absolute Gasteiger partial charge is 0.163 e. The molecule has 7 heteroatoms. The van der Waals surface area contributed by atoms with E-state index in [1.807, 2.05) is 36.4 Å². The number of rotatable bonds is 4. The number of hydrogen-bond acceptors (Lipinski definition) is 5. The fraction of sp³-hybridized carbons (Fsp3) is 0.200. The first-order chi connectivity index (χ1) is 13.2. The van der Waals surface area contributed by atoms with E-state index in [0.29, 0.717) is 30.5 Å². The minimum atomic E-state index is -0.455. The maximum atomic E-state index is 13.4. The Morgan fingerprint density at radius 3 is 2.52 bits per heavy atom. The molecule has 1 aliphatic heterocycles. The van der Waals surface area contributed by atoms with Crippen molar-refractivity contribution in [2.24, 2.45) is 0 Å². The van der Waals surface area contributed by atoms with Gasteiger partial charge in [-0.3, -0.25) is 0 Å². The second-order valence-electron chi connectivity index (χ2n) is 6.15. The van der Waals surface area contributed by atoms with Gasteiger partial charge in [-0.1, -0.05) is 41.9 Å². The SMILES string of the molecule is Fc1ccc(Nc2cc(N3CCOCC3)nc(-c3ccccc3)n2)cc1Cl. The minimum Gasteiger partial charge on any atom is -0.378 e. The molecule has 0 radical (unpaired) electrons. The van der Waals surface area contributed by atoms with E-state index in [2.05, 4.69) is 15.2 Å². The van der Waals surface area contributed by atoms with Crippen LogP contribution < -0.4 is 10.2 Å². The second-order valence-corrected chi connectivity index (χ2v) is 6.56. The van der Waals surface area contributed by atoms with E-state index >= 15 is 0 Å². The predicted molar refractivity (Wildman–Crippen MR) is 105 cm³/mol. The highest BCUT2D eigenvalue weighted by Crippen LogP contribution is 2.27. The molecule has 2 aromatic carbocycles. The van der Waals surface area contributed by atoms with Crippen molar-refractivity contribution in [2.45, 2.75) is 0 Å². The van der Waals surface area contributed by atoms with Gasteiger partial charge in [-0.15, -0.1) is 0 Å². The first-order valence-corrected chi connectivity index (χ1v) is 9.06. The molecule has 138 valence electrons. The topological polar surface area (TPSA) is 50.3 Å². The Labute approximate surface area is 161 Å². The van der Waals surface area contributed by atoms with Gasteiger partial charge in [-0.2, -0.15) is 0 Å². The molecule has 2 heterocycles. The molecule has 0 unspecified atom stereocenters. The minimum absolute atomic E-state index is 0.0609. The zero-order valence-electron chi connectivity index (χ0n) is 14.5. The number of nitrogens with zero attached hydrogens (tertiary/aromatic N) is 3. The lowest BCUT2D eigenvalue weighted by atomic mass is 10.2. The number of morpholine rings is 1. The molecule has 0 atom stereocenters. The van der Waals surface area contributed by atoms with Crippen molar-refractivity contribution in [3.8, 4) is 11.4 Å². The number of hydrogen-bond donors (Lipinski definition) is 1. The van der Waals surface area contributed by atoms with Crippen LogP contribution in [-0.4, -0.2) is 36.3 Å². The Balaban J connectivity index is 1.71. The van der Waals surface area contributed by atoms with Crippen molar-refractivity contribution in [1.82, 2.24) is 9.97 Å². The van der Waals surface area contributed by atoms with Gasteiger partial charge in [-0.25, -0.2) is 14.4 Å². The van der Waals surface area contributed by atoms with Crippen LogP contribution in [0.1, 0.15) is 0 Å². The summed E-state index contributed by atoms with van der Waals surface area (Å²) in [5.74, 6) is 1.61. The van der Waals surface area contributed by atoms with Gasteiger partial charge in [0.15, 0.2) is 5.82 Å². The third kappa shape index (κ3) is 4.18. The summed E-state index contributed by atoms with van der Waals surface area (Å²) in [6, 6.07) is 16.2. The number of anilines is 3. The third-order valence-corrected chi connectivity index (χ3v) is 4.56. The number of ether oxygens (including phenoxy) is 1. The molecule has 0 spiro atoms. The Hall–Kier alpha value is -2.70. The summed E-state index contributed by atoms with van der Waals surface area (Å²) in [6.07, 6.45) is 0. The van der Waals surface area contributed by atoms with E-state index in [1.165, 1.54) is 12.1 Å². The van der Waals surface area contributed by atoms with Gasteiger partial charge in [0.2, 0.25) is 0 Å². The highest BCUT2D eigenvalue weighted by molar-refractivity contribution is 6.31. The van der Waals surface area contributed by atoms with Crippen molar-refractivity contribution in [2.75, 3.05) is 36.5 Å². The van der Waals surface area contributed by atoms with Crippen LogP contribution in [-0.2, 0) is 4.74 Å². The Morgan fingerprint density at radius 2 is 1.78 bits per heavy atom. The highest BCUT2D eigenvalue weighted by atomic mass is 35.5. The van der Waals surface area contributed by atoms with E-state index < -0.39 is 5.82 Å². The Morgan fingerprint density at radius 1 is 1.00 bits per heavy atom. The Kier molecular flexibility index (Phi) is 5.18. The van der Waals surface area contributed by atoms with Gasteiger partial charge < -0.3 is 15.0 Å². The van der Waals surface area contributed by atoms with Crippen molar-refractivity contribution < 1.29 is 9.13 Å². The molecule has 1 N–H and O–H groups in total. The van der Waals surface area contributed by atoms with Crippen LogP contribution in [0.5, 0.6) is 0 Å². The molecule has 0 saturated carbocycles. The first kappa shape index (κ1) is 17.7. The van der Waals surface area contributed by atoms with E-state index in [0.717, 1.165) is 24.5 Å². The summed E-state index contributed by atoms with van der Waals surface area (Å²) in [5.41, 5.74) is 1.58. The van der Waals surface area contributed by atoms with Gasteiger partial charge in [0.05, 0.1) is 18.2 Å². The number of aromatic nitrogens is 2. The summed E-state index contributed by atoms with van der Waals surface area (Å²) in [4.78, 5) is 11.5. The first-order valence-electron chi connectivity index (χ1n) is 8.68. The molecule has 0 bridgehead atoms. The molecule has 1 aliphatic rings. The predicted octanol–water partition coefficient (Wildman–Crippen LogP) is 4.52. The van der Waals surface area contributed by atoms with E-state index in [-0.39, 0.29) is 5.02 Å². The van der Waals surface area contributed by atoms with Crippen molar-refractivity contribution >= 4 is 28.9 Å². The van der Waals surface area contributed by atoms with Crippen LogP contribution in [0.2, 0.25) is 5.02 Å². The quantitative estimate of drug-likeness (QED) is 0.716. The third-order valence-electron chi connectivity index (χ3n) is 4.27. The van der Waals surface area contributed by atoms with Gasteiger partial charge in [0, 0.05) is 30.4 Å². The average molecular weight is 385 g/mol.